The molecule has 1 N–H and O–H groups in total. The van der Waals surface area contributed by atoms with Gasteiger partial charge in [0.1, 0.15) is 0 Å². The van der Waals surface area contributed by atoms with Crippen LogP contribution in [0.3, 0.4) is 0 Å². The van der Waals surface area contributed by atoms with Gasteiger partial charge in [-0.2, -0.15) is 0 Å². The van der Waals surface area contributed by atoms with Gasteiger partial charge in [-0.15, -0.1) is 0 Å². The minimum absolute atomic E-state index is 0.189. The molecule has 1 rings (SSSR count). The predicted octanol–water partition coefficient (Wildman–Crippen LogP) is 0.182. The van der Waals surface area contributed by atoms with Gasteiger partial charge in [0.05, 0.1) is 19.8 Å². The van der Waals surface area contributed by atoms with E-state index in [1.165, 1.54) is 0 Å². The van der Waals surface area contributed by atoms with Crippen molar-refractivity contribution in [2.45, 2.75) is 26.3 Å². The summed E-state index contributed by atoms with van der Waals surface area (Å²) in [5.41, 5.74) is 0. The number of amides is 1. The van der Waals surface area contributed by atoms with Gasteiger partial charge in [0.25, 0.3) is 0 Å². The first-order valence-electron chi connectivity index (χ1n) is 8.02. The van der Waals surface area contributed by atoms with E-state index in [0.717, 1.165) is 45.8 Å². The third kappa shape index (κ3) is 6.74. The molecule has 1 unspecified atom stereocenters. The lowest BCUT2D eigenvalue weighted by Crippen LogP contribution is -2.56. The zero-order valence-electron chi connectivity index (χ0n) is 13.8. The monoisotopic (exact) mass is 301 g/mol. The van der Waals surface area contributed by atoms with E-state index in [1.54, 1.807) is 7.11 Å². The standard InChI is InChI=1S/C15H31N3O3/c1-4-14-13-18(15(19)12-16-6-10-20-3)8-7-17(14)9-11-21-5-2/h14,16H,4-13H2,1-3H3. The predicted molar refractivity (Wildman–Crippen MR) is 83.5 cm³/mol. The number of carbonyl (C=O) groups is 1. The molecule has 1 aliphatic heterocycles. The Morgan fingerprint density at radius 1 is 1.29 bits per heavy atom. The summed E-state index contributed by atoms with van der Waals surface area (Å²) in [6, 6.07) is 0.446. The van der Waals surface area contributed by atoms with Crippen molar-refractivity contribution in [1.82, 2.24) is 15.1 Å². The first-order chi connectivity index (χ1) is 10.2. The van der Waals surface area contributed by atoms with Gasteiger partial charge in [-0.25, -0.2) is 0 Å². The SMILES string of the molecule is CCOCCN1CCN(C(=O)CNCCOC)CC1CC. The Kier molecular flexibility index (Phi) is 9.58. The van der Waals surface area contributed by atoms with Crippen LogP contribution in [0.15, 0.2) is 0 Å². The lowest BCUT2D eigenvalue weighted by Gasteiger charge is -2.41. The molecule has 124 valence electrons. The smallest absolute Gasteiger partial charge is 0.236 e. The summed E-state index contributed by atoms with van der Waals surface area (Å²) in [5, 5.41) is 3.12. The largest absolute Gasteiger partial charge is 0.383 e. The Morgan fingerprint density at radius 2 is 2.10 bits per heavy atom. The van der Waals surface area contributed by atoms with Gasteiger partial charge in [-0.3, -0.25) is 9.69 Å². The maximum absolute atomic E-state index is 12.2. The number of methoxy groups -OCH3 is 1. The normalized spacial score (nSPS) is 20.0. The van der Waals surface area contributed by atoms with Crippen LogP contribution in [0.1, 0.15) is 20.3 Å². The van der Waals surface area contributed by atoms with Crippen LogP contribution in [-0.4, -0.2) is 87.9 Å². The van der Waals surface area contributed by atoms with Crippen molar-refractivity contribution >= 4 is 5.91 Å². The molecule has 0 aromatic carbocycles. The molecule has 0 radical (unpaired) electrons. The van der Waals surface area contributed by atoms with Gasteiger partial charge in [0.2, 0.25) is 5.91 Å². The third-order valence-corrected chi connectivity index (χ3v) is 3.91. The lowest BCUT2D eigenvalue weighted by atomic mass is 10.1. The lowest BCUT2D eigenvalue weighted by molar-refractivity contribution is -0.133. The van der Waals surface area contributed by atoms with Crippen LogP contribution in [-0.2, 0) is 14.3 Å². The molecule has 1 atom stereocenters. The van der Waals surface area contributed by atoms with Gasteiger partial charge < -0.3 is 19.7 Å². The fourth-order valence-corrected chi connectivity index (χ4v) is 2.61. The molecule has 1 amide bonds. The van der Waals surface area contributed by atoms with E-state index in [2.05, 4.69) is 17.1 Å². The number of hydrogen-bond acceptors (Lipinski definition) is 5. The number of nitrogens with one attached hydrogen (secondary N) is 1. The van der Waals surface area contributed by atoms with Gasteiger partial charge in [0.15, 0.2) is 0 Å². The Hall–Kier alpha value is -0.690. The fraction of sp³-hybridized carbons (Fsp3) is 0.933. The maximum Gasteiger partial charge on any atom is 0.236 e. The molecule has 1 heterocycles. The van der Waals surface area contributed by atoms with E-state index < -0.39 is 0 Å². The Labute approximate surface area is 128 Å². The van der Waals surface area contributed by atoms with E-state index in [0.29, 0.717) is 25.7 Å². The summed E-state index contributed by atoms with van der Waals surface area (Å²) in [4.78, 5) is 16.6. The van der Waals surface area contributed by atoms with Crippen LogP contribution in [0, 0.1) is 0 Å². The molecule has 0 aromatic rings. The van der Waals surface area contributed by atoms with Crippen molar-refractivity contribution in [1.29, 1.82) is 0 Å². The summed E-state index contributed by atoms with van der Waals surface area (Å²) in [5.74, 6) is 0.189. The summed E-state index contributed by atoms with van der Waals surface area (Å²) in [6.45, 7) is 11.0. The molecule has 0 aromatic heterocycles. The highest BCUT2D eigenvalue weighted by Gasteiger charge is 2.27. The van der Waals surface area contributed by atoms with Gasteiger partial charge in [-0.05, 0) is 13.3 Å². The number of piperazine rings is 1. The number of ether oxygens (including phenoxy) is 2. The third-order valence-electron chi connectivity index (χ3n) is 3.91. The van der Waals surface area contributed by atoms with Crippen LogP contribution in [0.25, 0.3) is 0 Å². The van der Waals surface area contributed by atoms with Crippen LogP contribution in [0.2, 0.25) is 0 Å². The van der Waals surface area contributed by atoms with E-state index >= 15 is 0 Å². The molecule has 0 saturated carbocycles. The Balaban J connectivity index is 2.31. The Bertz CT molecular complexity index is 289. The highest BCUT2D eigenvalue weighted by molar-refractivity contribution is 5.78. The van der Waals surface area contributed by atoms with Crippen molar-refractivity contribution in [3.8, 4) is 0 Å². The minimum Gasteiger partial charge on any atom is -0.383 e. The number of carbonyl (C=O) groups excluding carboxylic acids is 1. The van der Waals surface area contributed by atoms with Crippen LogP contribution < -0.4 is 5.32 Å². The summed E-state index contributed by atoms with van der Waals surface area (Å²) in [7, 11) is 1.66. The first-order valence-corrected chi connectivity index (χ1v) is 8.02. The molecular weight excluding hydrogens is 270 g/mol. The maximum atomic E-state index is 12.2. The summed E-state index contributed by atoms with van der Waals surface area (Å²) < 4.78 is 10.4. The number of nitrogens with zero attached hydrogens (tertiary/aromatic N) is 2. The van der Waals surface area contributed by atoms with E-state index in [4.69, 9.17) is 9.47 Å². The second-order valence-corrected chi connectivity index (χ2v) is 5.30. The van der Waals surface area contributed by atoms with Crippen molar-refractivity contribution in [3.05, 3.63) is 0 Å². The van der Waals surface area contributed by atoms with E-state index in [9.17, 15) is 4.79 Å². The molecular formula is C15H31N3O3. The second kappa shape index (κ2) is 11.0. The topological polar surface area (TPSA) is 54.0 Å². The zero-order chi connectivity index (χ0) is 15.5. The molecule has 1 fully saturated rings. The highest BCUT2D eigenvalue weighted by atomic mass is 16.5. The summed E-state index contributed by atoms with van der Waals surface area (Å²) >= 11 is 0. The highest BCUT2D eigenvalue weighted by Crippen LogP contribution is 2.12. The molecule has 0 aliphatic carbocycles. The quantitative estimate of drug-likeness (QED) is 0.584. The van der Waals surface area contributed by atoms with Crippen LogP contribution in [0.5, 0.6) is 0 Å². The Morgan fingerprint density at radius 3 is 2.76 bits per heavy atom. The fourth-order valence-electron chi connectivity index (χ4n) is 2.61. The second-order valence-electron chi connectivity index (χ2n) is 5.30. The van der Waals surface area contributed by atoms with E-state index in [-0.39, 0.29) is 5.91 Å². The van der Waals surface area contributed by atoms with Gasteiger partial charge in [0, 0.05) is 52.5 Å². The van der Waals surface area contributed by atoms with E-state index in [1.807, 2.05) is 11.8 Å². The molecule has 6 nitrogen and oxygen atoms in total. The van der Waals surface area contributed by atoms with Gasteiger partial charge in [-0.1, -0.05) is 6.92 Å². The number of hydrogen-bond donors (Lipinski definition) is 1. The molecule has 6 heteroatoms. The summed E-state index contributed by atoms with van der Waals surface area (Å²) in [6.07, 6.45) is 1.06. The molecule has 1 saturated heterocycles. The van der Waals surface area contributed by atoms with Crippen molar-refractivity contribution in [2.24, 2.45) is 0 Å². The average molecular weight is 301 g/mol. The van der Waals surface area contributed by atoms with Crippen molar-refractivity contribution in [2.75, 3.05) is 66.2 Å². The van der Waals surface area contributed by atoms with Crippen LogP contribution >= 0.6 is 0 Å². The molecule has 21 heavy (non-hydrogen) atoms. The molecule has 0 bridgehead atoms. The zero-order valence-corrected chi connectivity index (χ0v) is 13.8. The average Bonchev–Trinajstić information content (AvgIpc) is 2.51. The van der Waals surface area contributed by atoms with Crippen LogP contribution in [0.4, 0.5) is 0 Å². The first kappa shape index (κ1) is 18.4. The molecule has 1 aliphatic rings. The number of rotatable bonds is 10. The van der Waals surface area contributed by atoms with Crippen molar-refractivity contribution < 1.29 is 14.3 Å². The van der Waals surface area contributed by atoms with Gasteiger partial charge >= 0.3 is 0 Å². The van der Waals surface area contributed by atoms with Crippen molar-refractivity contribution in [3.63, 3.8) is 0 Å². The molecule has 0 spiro atoms. The minimum atomic E-state index is 0.189.